The molecule has 0 spiro atoms. The molecule has 0 aliphatic rings. The third kappa shape index (κ3) is 6.06. The molecule has 2 aromatic carbocycles. The topological polar surface area (TPSA) is 104 Å². The number of nitrogens with zero attached hydrogens (tertiary/aromatic N) is 3. The van der Waals surface area contributed by atoms with Crippen LogP contribution >= 0.6 is 22.9 Å². The summed E-state index contributed by atoms with van der Waals surface area (Å²) < 4.78 is 27.8. The predicted molar refractivity (Wildman–Crippen MR) is 129 cm³/mol. The standard InChI is InChI=1S/C21H22ClN5O3S2/c1-3-27(4-2)21-23-13-18(31-21)14-24-25-20(28)15-6-5-7-19(12-15)32(29,30)26-17-10-8-16(22)9-11-17/h5-14,26H,3-4H2,1-2H3,(H,25,28)/b24-14+. The molecular weight excluding hydrogens is 470 g/mol. The van der Waals surface area contributed by atoms with Crippen LogP contribution in [-0.4, -0.2) is 38.6 Å². The Labute approximate surface area is 196 Å². The monoisotopic (exact) mass is 491 g/mol. The van der Waals surface area contributed by atoms with E-state index >= 15 is 0 Å². The van der Waals surface area contributed by atoms with Crippen LogP contribution in [0.5, 0.6) is 0 Å². The number of benzene rings is 2. The number of amides is 1. The molecule has 0 atom stereocenters. The van der Waals surface area contributed by atoms with Gasteiger partial charge in [-0.3, -0.25) is 9.52 Å². The zero-order valence-corrected chi connectivity index (χ0v) is 19.8. The van der Waals surface area contributed by atoms with E-state index < -0.39 is 15.9 Å². The highest BCUT2D eigenvalue weighted by atomic mass is 35.5. The molecule has 32 heavy (non-hydrogen) atoms. The summed E-state index contributed by atoms with van der Waals surface area (Å²) in [5.41, 5.74) is 2.94. The summed E-state index contributed by atoms with van der Waals surface area (Å²) in [5.74, 6) is -0.529. The molecule has 1 aromatic heterocycles. The quantitative estimate of drug-likeness (QED) is 0.344. The first-order valence-corrected chi connectivity index (χ1v) is 12.4. The number of halogens is 1. The number of aromatic nitrogens is 1. The number of rotatable bonds is 9. The molecule has 1 heterocycles. The van der Waals surface area contributed by atoms with Crippen molar-refractivity contribution in [3.8, 4) is 0 Å². The van der Waals surface area contributed by atoms with Crippen LogP contribution in [0.2, 0.25) is 5.02 Å². The van der Waals surface area contributed by atoms with Crippen LogP contribution < -0.4 is 15.0 Å². The lowest BCUT2D eigenvalue weighted by molar-refractivity contribution is 0.0955. The fourth-order valence-electron chi connectivity index (χ4n) is 2.73. The van der Waals surface area contributed by atoms with Gasteiger partial charge in [0.25, 0.3) is 15.9 Å². The number of carbonyl (C=O) groups excluding carboxylic acids is 1. The molecule has 8 nitrogen and oxygen atoms in total. The minimum absolute atomic E-state index is 0.0459. The van der Waals surface area contributed by atoms with E-state index in [-0.39, 0.29) is 10.5 Å². The maximum atomic E-state index is 12.7. The van der Waals surface area contributed by atoms with Gasteiger partial charge in [-0.2, -0.15) is 5.10 Å². The van der Waals surface area contributed by atoms with E-state index in [4.69, 9.17) is 11.6 Å². The molecule has 3 aromatic rings. The number of hydrazone groups is 1. The molecule has 0 unspecified atom stereocenters. The lowest BCUT2D eigenvalue weighted by Gasteiger charge is -2.16. The van der Waals surface area contributed by atoms with Gasteiger partial charge in [0.2, 0.25) is 0 Å². The van der Waals surface area contributed by atoms with Crippen molar-refractivity contribution in [3.63, 3.8) is 0 Å². The summed E-state index contributed by atoms with van der Waals surface area (Å²) in [6.07, 6.45) is 3.19. The number of hydrogen-bond acceptors (Lipinski definition) is 7. The summed E-state index contributed by atoms with van der Waals surface area (Å²) in [4.78, 5) is 19.6. The second-order valence-corrected chi connectivity index (χ2v) is 9.72. The average Bonchev–Trinajstić information content (AvgIpc) is 3.25. The van der Waals surface area contributed by atoms with E-state index in [1.807, 2.05) is 0 Å². The van der Waals surface area contributed by atoms with Crippen LogP contribution in [0.4, 0.5) is 10.8 Å². The molecule has 0 aliphatic heterocycles. The Bertz CT molecular complexity index is 1210. The van der Waals surface area contributed by atoms with E-state index in [9.17, 15) is 13.2 Å². The first-order chi connectivity index (χ1) is 15.3. The van der Waals surface area contributed by atoms with Crippen molar-refractivity contribution in [2.24, 2.45) is 5.10 Å². The van der Waals surface area contributed by atoms with E-state index in [0.717, 1.165) is 23.1 Å². The van der Waals surface area contributed by atoms with Gasteiger partial charge in [-0.15, -0.1) is 0 Å². The number of sulfonamides is 1. The molecule has 168 valence electrons. The number of anilines is 2. The molecule has 0 fully saturated rings. The van der Waals surface area contributed by atoms with Crippen LogP contribution in [0.1, 0.15) is 29.1 Å². The molecule has 2 N–H and O–H groups in total. The van der Waals surface area contributed by atoms with Crippen molar-refractivity contribution in [1.29, 1.82) is 0 Å². The summed E-state index contributed by atoms with van der Waals surface area (Å²) in [6, 6.07) is 12.0. The Morgan fingerprint density at radius 1 is 1.19 bits per heavy atom. The van der Waals surface area contributed by atoms with Gasteiger partial charge in [0.05, 0.1) is 16.0 Å². The number of thiazole rings is 1. The normalized spacial score (nSPS) is 11.5. The van der Waals surface area contributed by atoms with Crippen molar-refractivity contribution >= 4 is 55.9 Å². The molecule has 0 radical (unpaired) electrons. The Balaban J connectivity index is 1.67. The Hall–Kier alpha value is -2.95. The third-order valence-corrected chi connectivity index (χ3v) is 7.03. The highest BCUT2D eigenvalue weighted by Gasteiger charge is 2.16. The lowest BCUT2D eigenvalue weighted by atomic mass is 10.2. The molecular formula is C21H22ClN5O3S2. The number of nitrogens with one attached hydrogen (secondary N) is 2. The fraction of sp³-hybridized carbons (Fsp3) is 0.190. The van der Waals surface area contributed by atoms with Gasteiger partial charge in [-0.05, 0) is 56.3 Å². The molecule has 0 saturated carbocycles. The fourth-order valence-corrected chi connectivity index (χ4v) is 4.88. The van der Waals surface area contributed by atoms with Gasteiger partial charge in [-0.1, -0.05) is 29.0 Å². The Kier molecular flexibility index (Phi) is 7.84. The average molecular weight is 492 g/mol. The van der Waals surface area contributed by atoms with Crippen LogP contribution in [0, 0.1) is 0 Å². The first-order valence-electron chi connectivity index (χ1n) is 9.75. The highest BCUT2D eigenvalue weighted by molar-refractivity contribution is 7.92. The molecule has 0 bridgehead atoms. The van der Waals surface area contributed by atoms with Crippen molar-refractivity contribution in [2.75, 3.05) is 22.7 Å². The Morgan fingerprint density at radius 3 is 2.59 bits per heavy atom. The van der Waals surface area contributed by atoms with Crippen molar-refractivity contribution in [1.82, 2.24) is 10.4 Å². The van der Waals surface area contributed by atoms with Gasteiger partial charge in [0.15, 0.2) is 5.13 Å². The van der Waals surface area contributed by atoms with Crippen molar-refractivity contribution < 1.29 is 13.2 Å². The van der Waals surface area contributed by atoms with Gasteiger partial charge in [-0.25, -0.2) is 18.8 Å². The lowest BCUT2D eigenvalue weighted by Crippen LogP contribution is -2.21. The molecule has 11 heteroatoms. The molecule has 0 saturated heterocycles. The summed E-state index contributed by atoms with van der Waals surface area (Å²) in [5, 5.41) is 5.34. The third-order valence-electron chi connectivity index (χ3n) is 4.41. The Morgan fingerprint density at radius 2 is 1.91 bits per heavy atom. The summed E-state index contributed by atoms with van der Waals surface area (Å²) in [7, 11) is -3.88. The summed E-state index contributed by atoms with van der Waals surface area (Å²) >= 11 is 7.29. The van der Waals surface area contributed by atoms with Gasteiger partial charge in [0, 0.05) is 35.6 Å². The van der Waals surface area contributed by atoms with E-state index in [1.165, 1.54) is 41.8 Å². The van der Waals surface area contributed by atoms with Gasteiger partial charge < -0.3 is 4.90 Å². The van der Waals surface area contributed by atoms with E-state index in [1.54, 1.807) is 30.5 Å². The van der Waals surface area contributed by atoms with Gasteiger partial charge >= 0.3 is 0 Å². The minimum Gasteiger partial charge on any atom is -0.349 e. The predicted octanol–water partition coefficient (Wildman–Crippen LogP) is 4.21. The van der Waals surface area contributed by atoms with E-state index in [2.05, 4.69) is 39.0 Å². The minimum atomic E-state index is -3.88. The van der Waals surface area contributed by atoms with Crippen LogP contribution in [-0.2, 0) is 10.0 Å². The zero-order valence-electron chi connectivity index (χ0n) is 17.4. The van der Waals surface area contributed by atoms with Crippen molar-refractivity contribution in [3.05, 3.63) is 70.2 Å². The van der Waals surface area contributed by atoms with Crippen molar-refractivity contribution in [2.45, 2.75) is 18.7 Å². The summed E-state index contributed by atoms with van der Waals surface area (Å²) in [6.45, 7) is 5.81. The smallest absolute Gasteiger partial charge is 0.271 e. The zero-order chi connectivity index (χ0) is 23.1. The number of carbonyl (C=O) groups is 1. The maximum absolute atomic E-state index is 12.7. The van der Waals surface area contributed by atoms with E-state index in [0.29, 0.717) is 10.7 Å². The molecule has 0 aliphatic carbocycles. The second-order valence-electron chi connectivity index (χ2n) is 6.56. The van der Waals surface area contributed by atoms with Crippen LogP contribution in [0.15, 0.2) is 64.7 Å². The SMILES string of the molecule is CCN(CC)c1ncc(/C=N/NC(=O)c2cccc(S(=O)(=O)Nc3ccc(Cl)cc3)c2)s1. The highest BCUT2D eigenvalue weighted by Crippen LogP contribution is 2.21. The van der Waals surface area contributed by atoms with Crippen LogP contribution in [0.3, 0.4) is 0 Å². The second kappa shape index (κ2) is 10.6. The molecule has 3 rings (SSSR count). The van der Waals surface area contributed by atoms with Gasteiger partial charge in [0.1, 0.15) is 0 Å². The maximum Gasteiger partial charge on any atom is 0.271 e. The number of hydrogen-bond donors (Lipinski definition) is 2. The van der Waals surface area contributed by atoms with Crippen LogP contribution in [0.25, 0.3) is 0 Å². The largest absolute Gasteiger partial charge is 0.349 e. The first kappa shape index (κ1) is 23.7. The molecule has 1 amide bonds.